The summed E-state index contributed by atoms with van der Waals surface area (Å²) in [6, 6.07) is 9.81. The summed E-state index contributed by atoms with van der Waals surface area (Å²) in [5.41, 5.74) is 2.63. The minimum absolute atomic E-state index is 0.0800. The van der Waals surface area contributed by atoms with Crippen molar-refractivity contribution < 1.29 is 18.0 Å². The minimum Gasteiger partial charge on any atom is -0.352 e. The van der Waals surface area contributed by atoms with Gasteiger partial charge in [-0.1, -0.05) is 67.2 Å². The van der Waals surface area contributed by atoms with Gasteiger partial charge in [-0.25, -0.2) is 8.42 Å². The van der Waals surface area contributed by atoms with Gasteiger partial charge in [0.1, 0.15) is 12.6 Å². The fourth-order valence-electron chi connectivity index (χ4n) is 4.90. The monoisotopic (exact) mass is 567 g/mol. The maximum Gasteiger partial charge on any atom is 0.244 e. The summed E-state index contributed by atoms with van der Waals surface area (Å²) >= 11 is 12.3. The van der Waals surface area contributed by atoms with Crippen LogP contribution in [0.2, 0.25) is 10.0 Å². The Morgan fingerprint density at radius 2 is 1.68 bits per heavy atom. The standard InChI is InChI=1S/C27H35Cl2N3O4S/c1-5-24(27(34)30-21-11-6-7-12-21)31(16-20-13-14-22(28)23(29)15-20)25(33)17-32(37(4,35)36)26-18(2)9-8-10-19(26)3/h8-10,13-15,21,24H,5-7,11-12,16-17H2,1-4H3,(H,30,34)/t24-/m0/s1. The molecule has 1 N–H and O–H groups in total. The normalized spacial score (nSPS) is 14.9. The summed E-state index contributed by atoms with van der Waals surface area (Å²) in [4.78, 5) is 28.7. The second-order valence-corrected chi connectivity index (χ2v) is 12.4. The van der Waals surface area contributed by atoms with E-state index in [2.05, 4.69) is 5.32 Å². The zero-order valence-electron chi connectivity index (χ0n) is 21.8. The summed E-state index contributed by atoms with van der Waals surface area (Å²) in [7, 11) is -3.80. The first-order valence-corrected chi connectivity index (χ1v) is 15.1. The fraction of sp³-hybridized carbons (Fsp3) is 0.481. The van der Waals surface area contributed by atoms with E-state index in [1.165, 1.54) is 4.90 Å². The molecule has 0 aromatic heterocycles. The van der Waals surface area contributed by atoms with Crippen LogP contribution in [0.4, 0.5) is 5.69 Å². The number of para-hydroxylation sites is 1. The molecule has 0 bridgehead atoms. The third-order valence-corrected chi connectivity index (χ3v) is 8.64. The lowest BCUT2D eigenvalue weighted by Gasteiger charge is -2.34. The molecule has 0 spiro atoms. The number of carbonyl (C=O) groups excluding carboxylic acids is 2. The predicted molar refractivity (Wildman–Crippen MR) is 150 cm³/mol. The summed E-state index contributed by atoms with van der Waals surface area (Å²) in [6.45, 7) is 5.11. The highest BCUT2D eigenvalue weighted by Gasteiger charge is 2.33. The first-order chi connectivity index (χ1) is 17.4. The van der Waals surface area contributed by atoms with E-state index in [1.54, 1.807) is 18.2 Å². The molecule has 0 aliphatic heterocycles. The van der Waals surface area contributed by atoms with Crippen molar-refractivity contribution in [3.63, 3.8) is 0 Å². The molecular weight excluding hydrogens is 533 g/mol. The van der Waals surface area contributed by atoms with Gasteiger partial charge in [-0.2, -0.15) is 0 Å². The average Bonchev–Trinajstić information content (AvgIpc) is 3.32. The first kappa shape index (κ1) is 29.3. The Labute approximate surface area is 230 Å². The van der Waals surface area contributed by atoms with Crippen LogP contribution >= 0.6 is 23.2 Å². The number of halogens is 2. The van der Waals surface area contributed by atoms with E-state index >= 15 is 0 Å². The van der Waals surface area contributed by atoms with E-state index in [4.69, 9.17) is 23.2 Å². The van der Waals surface area contributed by atoms with Crippen LogP contribution in [0.25, 0.3) is 0 Å². The Morgan fingerprint density at radius 3 is 2.22 bits per heavy atom. The van der Waals surface area contributed by atoms with Gasteiger partial charge in [0, 0.05) is 12.6 Å². The summed E-state index contributed by atoms with van der Waals surface area (Å²) in [5.74, 6) is -0.714. The number of nitrogens with one attached hydrogen (secondary N) is 1. The molecule has 202 valence electrons. The minimum atomic E-state index is -3.80. The highest BCUT2D eigenvalue weighted by atomic mass is 35.5. The smallest absolute Gasteiger partial charge is 0.244 e. The predicted octanol–water partition coefficient (Wildman–Crippen LogP) is 5.24. The lowest BCUT2D eigenvalue weighted by Crippen LogP contribution is -2.53. The van der Waals surface area contributed by atoms with Crippen LogP contribution in [0.3, 0.4) is 0 Å². The molecular formula is C27H35Cl2N3O4S. The second-order valence-electron chi connectivity index (χ2n) is 9.69. The van der Waals surface area contributed by atoms with Crippen LogP contribution in [0.15, 0.2) is 36.4 Å². The third kappa shape index (κ3) is 7.39. The number of carbonyl (C=O) groups is 2. The van der Waals surface area contributed by atoms with Crippen molar-refractivity contribution in [3.8, 4) is 0 Å². The van der Waals surface area contributed by atoms with E-state index in [9.17, 15) is 18.0 Å². The van der Waals surface area contributed by atoms with E-state index in [0.717, 1.165) is 47.4 Å². The lowest BCUT2D eigenvalue weighted by atomic mass is 10.1. The number of aryl methyl sites for hydroxylation is 2. The molecule has 0 saturated heterocycles. The van der Waals surface area contributed by atoms with Crippen LogP contribution in [0.1, 0.15) is 55.7 Å². The van der Waals surface area contributed by atoms with Gasteiger partial charge in [0.25, 0.3) is 0 Å². The average molecular weight is 569 g/mol. The van der Waals surface area contributed by atoms with Gasteiger partial charge >= 0.3 is 0 Å². The number of rotatable bonds is 10. The van der Waals surface area contributed by atoms with E-state index in [1.807, 2.05) is 39.0 Å². The molecule has 1 aliphatic rings. The van der Waals surface area contributed by atoms with Gasteiger partial charge in [0.15, 0.2) is 0 Å². The Bertz CT molecular complexity index is 1230. The van der Waals surface area contributed by atoms with Crippen LogP contribution in [-0.4, -0.2) is 50.0 Å². The van der Waals surface area contributed by atoms with Gasteiger partial charge in [-0.05, 0) is 61.9 Å². The second kappa shape index (κ2) is 12.5. The number of nitrogens with zero attached hydrogens (tertiary/aromatic N) is 2. The maximum atomic E-state index is 13.9. The van der Waals surface area contributed by atoms with Gasteiger partial charge in [-0.3, -0.25) is 13.9 Å². The molecule has 1 aliphatic carbocycles. The van der Waals surface area contributed by atoms with Crippen molar-refractivity contribution in [2.24, 2.45) is 0 Å². The Kier molecular flexibility index (Phi) is 9.89. The van der Waals surface area contributed by atoms with Gasteiger partial charge in [0.05, 0.1) is 22.0 Å². The molecule has 1 atom stereocenters. The molecule has 0 heterocycles. The SMILES string of the molecule is CC[C@@H](C(=O)NC1CCCC1)N(Cc1ccc(Cl)c(Cl)c1)C(=O)CN(c1c(C)cccc1C)S(C)(=O)=O. The van der Waals surface area contributed by atoms with Crippen molar-refractivity contribution in [1.29, 1.82) is 0 Å². The van der Waals surface area contributed by atoms with Crippen LogP contribution in [0, 0.1) is 13.8 Å². The Morgan fingerprint density at radius 1 is 1.05 bits per heavy atom. The van der Waals surface area contributed by atoms with Crippen LogP contribution in [0.5, 0.6) is 0 Å². The summed E-state index contributed by atoms with van der Waals surface area (Å²) in [6.07, 6.45) is 5.40. The molecule has 37 heavy (non-hydrogen) atoms. The van der Waals surface area contributed by atoms with E-state index < -0.39 is 28.5 Å². The molecule has 7 nitrogen and oxygen atoms in total. The Hall–Kier alpha value is -2.29. The zero-order valence-corrected chi connectivity index (χ0v) is 24.1. The number of anilines is 1. The number of sulfonamides is 1. The van der Waals surface area contributed by atoms with E-state index in [-0.39, 0.29) is 18.5 Å². The van der Waals surface area contributed by atoms with Crippen molar-refractivity contribution in [2.45, 2.75) is 71.5 Å². The molecule has 0 radical (unpaired) electrons. The van der Waals surface area contributed by atoms with Gasteiger partial charge in [-0.15, -0.1) is 0 Å². The van der Waals surface area contributed by atoms with Crippen LogP contribution < -0.4 is 9.62 Å². The number of amides is 2. The van der Waals surface area contributed by atoms with Gasteiger partial charge < -0.3 is 10.2 Å². The van der Waals surface area contributed by atoms with Crippen molar-refractivity contribution >= 4 is 50.7 Å². The van der Waals surface area contributed by atoms with Crippen molar-refractivity contribution in [1.82, 2.24) is 10.2 Å². The summed E-state index contributed by atoms with van der Waals surface area (Å²) in [5, 5.41) is 3.81. The molecule has 2 amide bonds. The number of benzene rings is 2. The molecule has 3 rings (SSSR count). The third-order valence-electron chi connectivity index (χ3n) is 6.79. The Balaban J connectivity index is 1.98. The molecule has 2 aromatic rings. The zero-order chi connectivity index (χ0) is 27.3. The maximum absolute atomic E-state index is 13.9. The highest BCUT2D eigenvalue weighted by molar-refractivity contribution is 7.92. The van der Waals surface area contributed by atoms with Crippen molar-refractivity contribution in [2.75, 3.05) is 17.1 Å². The highest BCUT2D eigenvalue weighted by Crippen LogP contribution is 2.28. The number of hydrogen-bond donors (Lipinski definition) is 1. The molecule has 0 unspecified atom stereocenters. The van der Waals surface area contributed by atoms with E-state index in [0.29, 0.717) is 27.7 Å². The van der Waals surface area contributed by atoms with Crippen LogP contribution in [-0.2, 0) is 26.2 Å². The lowest BCUT2D eigenvalue weighted by molar-refractivity contribution is -0.140. The molecule has 10 heteroatoms. The molecule has 2 aromatic carbocycles. The quantitative estimate of drug-likeness (QED) is 0.425. The first-order valence-electron chi connectivity index (χ1n) is 12.5. The van der Waals surface area contributed by atoms with Crippen molar-refractivity contribution in [3.05, 3.63) is 63.1 Å². The fourth-order valence-corrected chi connectivity index (χ4v) is 6.18. The molecule has 1 saturated carbocycles. The van der Waals surface area contributed by atoms with Gasteiger partial charge in [0.2, 0.25) is 21.8 Å². The molecule has 1 fully saturated rings. The topological polar surface area (TPSA) is 86.8 Å². The number of hydrogen-bond acceptors (Lipinski definition) is 4. The largest absolute Gasteiger partial charge is 0.352 e. The summed E-state index contributed by atoms with van der Waals surface area (Å²) < 4.78 is 26.9.